The van der Waals surface area contributed by atoms with Gasteiger partial charge in [0.05, 0.1) is 5.41 Å². The Hall–Kier alpha value is -1.31. The first kappa shape index (κ1) is 9.25. The van der Waals surface area contributed by atoms with Crippen molar-refractivity contribution >= 4 is 11.6 Å². The van der Waals surface area contributed by atoms with Crippen molar-refractivity contribution < 1.29 is 4.79 Å². The summed E-state index contributed by atoms with van der Waals surface area (Å²) in [4.78, 5) is 13.8. The zero-order chi connectivity index (χ0) is 10.3. The number of hydrogen-bond donors (Lipinski definition) is 0. The van der Waals surface area contributed by atoms with Crippen LogP contribution in [0.25, 0.3) is 0 Å². The van der Waals surface area contributed by atoms with Crippen molar-refractivity contribution in [2.45, 2.75) is 25.7 Å². The summed E-state index contributed by atoms with van der Waals surface area (Å²) < 4.78 is 0. The molecule has 0 N–H and O–H groups in total. The van der Waals surface area contributed by atoms with Crippen LogP contribution in [0, 0.1) is 0 Å². The van der Waals surface area contributed by atoms with Crippen LogP contribution < -0.4 is 4.90 Å². The molecule has 0 saturated heterocycles. The molecule has 1 aromatic rings. The van der Waals surface area contributed by atoms with Crippen LogP contribution in [0.3, 0.4) is 0 Å². The third-order valence-corrected chi connectivity index (χ3v) is 3.34. The minimum absolute atomic E-state index is 0.209. The average molecular weight is 189 g/mol. The molecule has 1 aliphatic heterocycles. The molecular formula is C12H15NO. The SMILES string of the molecule is CC[C@@]1(C)C(=O)N(C)c2ccccc21. The number of anilines is 1. The highest BCUT2D eigenvalue weighted by Crippen LogP contribution is 2.42. The number of hydrogen-bond acceptors (Lipinski definition) is 1. The molecule has 0 spiro atoms. The molecule has 2 rings (SSSR count). The Morgan fingerprint density at radius 2 is 2.00 bits per heavy atom. The van der Waals surface area contributed by atoms with E-state index in [0.717, 1.165) is 17.7 Å². The third-order valence-electron chi connectivity index (χ3n) is 3.34. The summed E-state index contributed by atoms with van der Waals surface area (Å²) in [5.74, 6) is 0.209. The van der Waals surface area contributed by atoms with E-state index in [-0.39, 0.29) is 11.3 Å². The second-order valence-electron chi connectivity index (χ2n) is 4.07. The molecule has 0 radical (unpaired) electrons. The van der Waals surface area contributed by atoms with Gasteiger partial charge in [-0.25, -0.2) is 0 Å². The number of benzene rings is 1. The fourth-order valence-electron chi connectivity index (χ4n) is 2.17. The quantitative estimate of drug-likeness (QED) is 0.664. The largest absolute Gasteiger partial charge is 0.314 e. The van der Waals surface area contributed by atoms with Crippen molar-refractivity contribution in [1.82, 2.24) is 0 Å². The Balaban J connectivity index is 2.65. The fraction of sp³-hybridized carbons (Fsp3) is 0.417. The van der Waals surface area contributed by atoms with Gasteiger partial charge < -0.3 is 4.90 Å². The van der Waals surface area contributed by atoms with Crippen LogP contribution >= 0.6 is 0 Å². The molecule has 0 aromatic heterocycles. The van der Waals surface area contributed by atoms with E-state index >= 15 is 0 Å². The number of amides is 1. The number of fused-ring (bicyclic) bond motifs is 1. The zero-order valence-electron chi connectivity index (χ0n) is 8.87. The lowest BCUT2D eigenvalue weighted by atomic mass is 9.81. The van der Waals surface area contributed by atoms with Gasteiger partial charge in [0.15, 0.2) is 0 Å². The van der Waals surface area contributed by atoms with E-state index in [0.29, 0.717) is 0 Å². The molecule has 1 atom stereocenters. The van der Waals surface area contributed by atoms with E-state index in [9.17, 15) is 4.79 Å². The minimum Gasteiger partial charge on any atom is -0.314 e. The second kappa shape index (κ2) is 2.84. The maximum atomic E-state index is 12.0. The molecule has 0 saturated carbocycles. The van der Waals surface area contributed by atoms with Gasteiger partial charge in [0, 0.05) is 12.7 Å². The van der Waals surface area contributed by atoms with Gasteiger partial charge in [-0.2, -0.15) is 0 Å². The Bertz CT molecular complexity index is 386. The third kappa shape index (κ3) is 0.939. The molecule has 0 aliphatic carbocycles. The van der Waals surface area contributed by atoms with E-state index in [2.05, 4.69) is 13.0 Å². The van der Waals surface area contributed by atoms with Gasteiger partial charge in [0.2, 0.25) is 5.91 Å². The van der Waals surface area contributed by atoms with Crippen LogP contribution in [0.4, 0.5) is 5.69 Å². The predicted octanol–water partition coefficient (Wildman–Crippen LogP) is 2.33. The lowest BCUT2D eigenvalue weighted by molar-refractivity contribution is -0.122. The van der Waals surface area contributed by atoms with Crippen molar-refractivity contribution in [3.05, 3.63) is 29.8 Å². The number of likely N-dealkylation sites (N-methyl/N-ethyl adjacent to an activating group) is 1. The highest BCUT2D eigenvalue weighted by Gasteiger charge is 2.44. The second-order valence-corrected chi connectivity index (χ2v) is 4.07. The Kier molecular flexibility index (Phi) is 1.88. The molecular weight excluding hydrogens is 174 g/mol. The molecule has 2 heteroatoms. The maximum Gasteiger partial charge on any atom is 0.237 e. The van der Waals surface area contributed by atoms with Gasteiger partial charge in [-0.15, -0.1) is 0 Å². The van der Waals surface area contributed by atoms with Crippen molar-refractivity contribution in [2.75, 3.05) is 11.9 Å². The van der Waals surface area contributed by atoms with E-state index in [1.165, 1.54) is 0 Å². The van der Waals surface area contributed by atoms with E-state index in [1.807, 2.05) is 32.2 Å². The normalized spacial score (nSPS) is 25.4. The standard InChI is InChI=1S/C12H15NO/c1-4-12(2)9-7-5-6-8-10(9)13(3)11(12)14/h5-8H,4H2,1-3H3/t12-/m1/s1. The van der Waals surface area contributed by atoms with Gasteiger partial charge in [-0.3, -0.25) is 4.79 Å². The molecule has 1 aliphatic rings. The van der Waals surface area contributed by atoms with E-state index in [1.54, 1.807) is 4.90 Å². The Morgan fingerprint density at radius 1 is 1.36 bits per heavy atom. The highest BCUT2D eigenvalue weighted by molar-refractivity contribution is 6.07. The summed E-state index contributed by atoms with van der Waals surface area (Å²) >= 11 is 0. The number of carbonyl (C=O) groups excluding carboxylic acids is 1. The van der Waals surface area contributed by atoms with Gasteiger partial charge >= 0.3 is 0 Å². The Morgan fingerprint density at radius 3 is 2.64 bits per heavy atom. The summed E-state index contributed by atoms with van der Waals surface area (Å²) in [5, 5.41) is 0. The summed E-state index contributed by atoms with van der Waals surface area (Å²) in [5.41, 5.74) is 1.91. The van der Waals surface area contributed by atoms with Crippen molar-refractivity contribution in [3.8, 4) is 0 Å². The summed E-state index contributed by atoms with van der Waals surface area (Å²) in [6, 6.07) is 8.04. The molecule has 0 fully saturated rings. The van der Waals surface area contributed by atoms with E-state index < -0.39 is 0 Å². The number of para-hydroxylation sites is 1. The van der Waals surface area contributed by atoms with Crippen LogP contribution in [-0.2, 0) is 10.2 Å². The maximum absolute atomic E-state index is 12.0. The van der Waals surface area contributed by atoms with E-state index in [4.69, 9.17) is 0 Å². The van der Waals surface area contributed by atoms with Gasteiger partial charge in [0.1, 0.15) is 0 Å². The van der Waals surface area contributed by atoms with Crippen LogP contribution in [-0.4, -0.2) is 13.0 Å². The molecule has 1 heterocycles. The van der Waals surface area contributed by atoms with Crippen LogP contribution in [0.15, 0.2) is 24.3 Å². The molecule has 74 valence electrons. The molecule has 1 aromatic carbocycles. The van der Waals surface area contributed by atoms with Crippen LogP contribution in [0.5, 0.6) is 0 Å². The summed E-state index contributed by atoms with van der Waals surface area (Å²) in [6.45, 7) is 4.09. The zero-order valence-corrected chi connectivity index (χ0v) is 8.87. The highest BCUT2D eigenvalue weighted by atomic mass is 16.2. The first-order valence-electron chi connectivity index (χ1n) is 4.99. The molecule has 14 heavy (non-hydrogen) atoms. The van der Waals surface area contributed by atoms with Crippen molar-refractivity contribution in [1.29, 1.82) is 0 Å². The summed E-state index contributed by atoms with van der Waals surface area (Å²) in [6.07, 6.45) is 0.854. The van der Waals surface area contributed by atoms with Crippen molar-refractivity contribution in [2.24, 2.45) is 0 Å². The predicted molar refractivity (Wildman–Crippen MR) is 57.5 cm³/mol. The number of carbonyl (C=O) groups is 1. The lowest BCUT2D eigenvalue weighted by Crippen LogP contribution is -2.35. The van der Waals surface area contributed by atoms with Gasteiger partial charge in [-0.05, 0) is 25.0 Å². The Labute approximate surface area is 84.5 Å². The van der Waals surface area contributed by atoms with Crippen LogP contribution in [0.1, 0.15) is 25.8 Å². The smallest absolute Gasteiger partial charge is 0.237 e. The molecule has 0 bridgehead atoms. The first-order chi connectivity index (χ1) is 6.61. The molecule has 2 nitrogen and oxygen atoms in total. The van der Waals surface area contributed by atoms with Crippen molar-refractivity contribution in [3.63, 3.8) is 0 Å². The lowest BCUT2D eigenvalue weighted by Gasteiger charge is -2.20. The number of rotatable bonds is 1. The molecule has 1 amide bonds. The molecule has 0 unspecified atom stereocenters. The fourth-order valence-corrected chi connectivity index (χ4v) is 2.17. The average Bonchev–Trinajstić information content (AvgIpc) is 2.43. The topological polar surface area (TPSA) is 20.3 Å². The minimum atomic E-state index is -0.314. The van der Waals surface area contributed by atoms with Gasteiger partial charge in [0.25, 0.3) is 0 Å². The van der Waals surface area contributed by atoms with Crippen LogP contribution in [0.2, 0.25) is 0 Å². The first-order valence-corrected chi connectivity index (χ1v) is 4.99. The number of nitrogens with zero attached hydrogens (tertiary/aromatic N) is 1. The van der Waals surface area contributed by atoms with Gasteiger partial charge in [-0.1, -0.05) is 25.1 Å². The monoisotopic (exact) mass is 189 g/mol. The summed E-state index contributed by atoms with van der Waals surface area (Å²) in [7, 11) is 1.85.